The molecule has 1 heterocycles. The lowest BCUT2D eigenvalue weighted by Crippen LogP contribution is -2.41. The second-order valence-corrected chi connectivity index (χ2v) is 5.12. The molecular weight excluding hydrogens is 318 g/mol. The zero-order chi connectivity index (χ0) is 18.1. The average Bonchev–Trinajstić information content (AvgIpc) is 3.02. The number of carbonyl (C=O) groups is 1. The van der Waals surface area contributed by atoms with Gasteiger partial charge in [-0.15, -0.1) is 6.42 Å². The molecule has 0 unspecified atom stereocenters. The van der Waals surface area contributed by atoms with Gasteiger partial charge in [-0.1, -0.05) is 12.0 Å². The van der Waals surface area contributed by atoms with E-state index < -0.39 is 0 Å². The van der Waals surface area contributed by atoms with Crippen molar-refractivity contribution < 1.29 is 4.79 Å². The Labute approximate surface area is 146 Å². The number of benzene rings is 1. The first kappa shape index (κ1) is 18.0. The Morgan fingerprint density at radius 1 is 1.40 bits per heavy atom. The van der Waals surface area contributed by atoms with Crippen LogP contribution in [0.3, 0.4) is 0 Å². The first-order valence-electron chi connectivity index (χ1n) is 7.84. The van der Waals surface area contributed by atoms with Crippen LogP contribution in [-0.4, -0.2) is 39.7 Å². The molecule has 3 N–H and O–H groups in total. The van der Waals surface area contributed by atoms with Gasteiger partial charge < -0.3 is 16.0 Å². The number of guanidine groups is 1. The standard InChI is InChI=1S/C17H21N7O/c1-4-13-7-6-8-14(9-13)23-16(25)11-20-17(18-5-2)19-10-15-21-12-22-24(15)3/h1,6-9,12H,5,10-11H2,2-3H3,(H,23,25)(H2,18,19,20). The van der Waals surface area contributed by atoms with Crippen molar-refractivity contribution >= 4 is 17.6 Å². The molecule has 1 aromatic carbocycles. The van der Waals surface area contributed by atoms with Crippen molar-refractivity contribution in [2.75, 3.05) is 18.4 Å². The van der Waals surface area contributed by atoms with Crippen molar-refractivity contribution in [1.82, 2.24) is 25.4 Å². The smallest absolute Gasteiger partial charge is 0.243 e. The van der Waals surface area contributed by atoms with Gasteiger partial charge in [0.1, 0.15) is 18.7 Å². The highest BCUT2D eigenvalue weighted by atomic mass is 16.1. The summed E-state index contributed by atoms with van der Waals surface area (Å²) in [6.45, 7) is 3.06. The molecule has 2 rings (SSSR count). The Morgan fingerprint density at radius 2 is 2.24 bits per heavy atom. The highest BCUT2D eigenvalue weighted by molar-refractivity contribution is 5.95. The second-order valence-electron chi connectivity index (χ2n) is 5.12. The molecule has 1 amide bonds. The second kappa shape index (κ2) is 9.08. The predicted molar refractivity (Wildman–Crippen MR) is 96.8 cm³/mol. The molecular formula is C17H21N7O. The molecule has 1 aromatic heterocycles. The zero-order valence-corrected chi connectivity index (χ0v) is 14.3. The maximum Gasteiger partial charge on any atom is 0.243 e. The van der Waals surface area contributed by atoms with Gasteiger partial charge in [-0.3, -0.25) is 9.48 Å². The van der Waals surface area contributed by atoms with Gasteiger partial charge in [0.2, 0.25) is 5.91 Å². The van der Waals surface area contributed by atoms with Gasteiger partial charge in [0.25, 0.3) is 0 Å². The van der Waals surface area contributed by atoms with E-state index in [-0.39, 0.29) is 12.5 Å². The number of anilines is 1. The van der Waals surface area contributed by atoms with E-state index in [2.05, 4.69) is 36.9 Å². The van der Waals surface area contributed by atoms with E-state index in [0.717, 1.165) is 5.82 Å². The van der Waals surface area contributed by atoms with E-state index >= 15 is 0 Å². The van der Waals surface area contributed by atoms with Crippen molar-refractivity contribution in [2.24, 2.45) is 12.0 Å². The molecule has 25 heavy (non-hydrogen) atoms. The third-order valence-electron chi connectivity index (χ3n) is 3.26. The lowest BCUT2D eigenvalue weighted by molar-refractivity contribution is -0.115. The molecule has 0 bridgehead atoms. The number of hydrogen-bond acceptors (Lipinski definition) is 4. The molecule has 0 aliphatic rings. The molecule has 8 nitrogen and oxygen atoms in total. The fourth-order valence-electron chi connectivity index (χ4n) is 2.01. The summed E-state index contributed by atoms with van der Waals surface area (Å²) in [6.07, 6.45) is 6.83. The minimum atomic E-state index is -0.196. The molecule has 0 saturated carbocycles. The summed E-state index contributed by atoms with van der Waals surface area (Å²) in [6, 6.07) is 7.12. The fourth-order valence-corrected chi connectivity index (χ4v) is 2.01. The third-order valence-corrected chi connectivity index (χ3v) is 3.26. The number of rotatable bonds is 6. The quantitative estimate of drug-likeness (QED) is 0.404. The van der Waals surface area contributed by atoms with Crippen LogP contribution in [0.4, 0.5) is 5.69 Å². The topological polar surface area (TPSA) is 96.2 Å². The first-order valence-corrected chi connectivity index (χ1v) is 7.84. The fraction of sp³-hybridized carbons (Fsp3) is 0.294. The minimum absolute atomic E-state index is 0.0743. The number of nitrogens with zero attached hydrogens (tertiary/aromatic N) is 4. The molecule has 8 heteroatoms. The normalized spacial score (nSPS) is 10.8. The number of aryl methyl sites for hydroxylation is 1. The number of amides is 1. The van der Waals surface area contributed by atoms with Crippen LogP contribution in [0.5, 0.6) is 0 Å². The Bertz CT molecular complexity index is 788. The van der Waals surface area contributed by atoms with E-state index in [1.807, 2.05) is 6.92 Å². The van der Waals surface area contributed by atoms with Crippen molar-refractivity contribution in [3.05, 3.63) is 42.0 Å². The minimum Gasteiger partial charge on any atom is -0.357 e. The van der Waals surface area contributed by atoms with Crippen LogP contribution in [0.1, 0.15) is 18.3 Å². The van der Waals surface area contributed by atoms with Crippen LogP contribution >= 0.6 is 0 Å². The van der Waals surface area contributed by atoms with Crippen molar-refractivity contribution in [3.8, 4) is 12.3 Å². The van der Waals surface area contributed by atoms with Crippen LogP contribution in [0.25, 0.3) is 0 Å². The van der Waals surface area contributed by atoms with E-state index in [1.165, 1.54) is 6.33 Å². The molecule has 0 saturated heterocycles. The third kappa shape index (κ3) is 5.66. The summed E-state index contributed by atoms with van der Waals surface area (Å²) in [5.41, 5.74) is 1.37. The largest absolute Gasteiger partial charge is 0.357 e. The molecule has 130 valence electrons. The summed E-state index contributed by atoms with van der Waals surface area (Å²) < 4.78 is 1.65. The monoisotopic (exact) mass is 339 g/mol. The Hall–Kier alpha value is -3.34. The number of carbonyl (C=O) groups excluding carboxylic acids is 1. The van der Waals surface area contributed by atoms with E-state index in [1.54, 1.807) is 36.0 Å². The molecule has 0 aliphatic carbocycles. The SMILES string of the molecule is C#Cc1cccc(NC(=O)CNC(=NCc2ncnn2C)NCC)c1. The summed E-state index contributed by atoms with van der Waals surface area (Å²) in [5.74, 6) is 3.59. The van der Waals surface area contributed by atoms with Gasteiger partial charge in [0.05, 0.1) is 6.54 Å². The van der Waals surface area contributed by atoms with Gasteiger partial charge in [-0.2, -0.15) is 5.10 Å². The molecule has 0 fully saturated rings. The molecule has 0 atom stereocenters. The number of hydrogen-bond donors (Lipinski definition) is 3. The van der Waals surface area contributed by atoms with Gasteiger partial charge in [0, 0.05) is 24.8 Å². The number of aromatic nitrogens is 3. The summed E-state index contributed by atoms with van der Waals surface area (Å²) >= 11 is 0. The number of nitrogens with one attached hydrogen (secondary N) is 3. The Balaban J connectivity index is 1.90. The molecule has 0 radical (unpaired) electrons. The zero-order valence-electron chi connectivity index (χ0n) is 14.3. The van der Waals surface area contributed by atoms with Crippen LogP contribution in [-0.2, 0) is 18.4 Å². The molecule has 2 aromatic rings. The van der Waals surface area contributed by atoms with E-state index in [0.29, 0.717) is 30.3 Å². The Morgan fingerprint density at radius 3 is 2.92 bits per heavy atom. The highest BCUT2D eigenvalue weighted by Crippen LogP contribution is 2.09. The summed E-state index contributed by atoms with van der Waals surface area (Å²) in [4.78, 5) is 20.6. The maximum atomic E-state index is 12.1. The van der Waals surface area contributed by atoms with Gasteiger partial charge >= 0.3 is 0 Å². The van der Waals surface area contributed by atoms with Crippen LogP contribution in [0.15, 0.2) is 35.6 Å². The van der Waals surface area contributed by atoms with Gasteiger partial charge in [0.15, 0.2) is 5.96 Å². The lowest BCUT2D eigenvalue weighted by Gasteiger charge is -2.11. The van der Waals surface area contributed by atoms with Crippen LogP contribution in [0.2, 0.25) is 0 Å². The molecule has 0 aliphatic heterocycles. The van der Waals surface area contributed by atoms with Crippen LogP contribution < -0.4 is 16.0 Å². The predicted octanol–water partition coefficient (Wildman–Crippen LogP) is 0.490. The first-order chi connectivity index (χ1) is 12.1. The number of aliphatic imine (C=N–C) groups is 1. The summed E-state index contributed by atoms with van der Waals surface area (Å²) in [7, 11) is 1.80. The van der Waals surface area contributed by atoms with Crippen LogP contribution in [0, 0.1) is 12.3 Å². The van der Waals surface area contributed by atoms with Gasteiger partial charge in [-0.25, -0.2) is 9.98 Å². The number of terminal acetylenes is 1. The Kier molecular flexibility index (Phi) is 6.54. The van der Waals surface area contributed by atoms with E-state index in [9.17, 15) is 4.79 Å². The summed E-state index contributed by atoms with van der Waals surface area (Å²) in [5, 5.41) is 12.8. The van der Waals surface area contributed by atoms with Gasteiger partial charge in [-0.05, 0) is 25.1 Å². The van der Waals surface area contributed by atoms with E-state index in [4.69, 9.17) is 6.42 Å². The maximum absolute atomic E-state index is 12.1. The van der Waals surface area contributed by atoms with Crippen molar-refractivity contribution in [3.63, 3.8) is 0 Å². The molecule has 0 spiro atoms. The lowest BCUT2D eigenvalue weighted by atomic mass is 10.2. The highest BCUT2D eigenvalue weighted by Gasteiger charge is 2.06. The average molecular weight is 339 g/mol. The van der Waals surface area contributed by atoms with Crippen molar-refractivity contribution in [2.45, 2.75) is 13.5 Å². The van der Waals surface area contributed by atoms with Crippen molar-refractivity contribution in [1.29, 1.82) is 0 Å².